The minimum Gasteiger partial charge on any atom is -0.354 e. The molecule has 0 saturated heterocycles. The molecule has 0 radical (unpaired) electrons. The van der Waals surface area contributed by atoms with Gasteiger partial charge < -0.3 is 5.32 Å². The molecule has 0 fully saturated rings. The molecule has 1 aromatic heterocycles. The summed E-state index contributed by atoms with van der Waals surface area (Å²) in [7, 11) is 0. The molecule has 0 aliphatic carbocycles. The number of aryl methyl sites for hydroxylation is 1. The normalized spacial score (nSPS) is 12.4. The highest BCUT2D eigenvalue weighted by molar-refractivity contribution is 7.15. The number of rotatable bonds is 4. The first kappa shape index (κ1) is 12.0. The summed E-state index contributed by atoms with van der Waals surface area (Å²) < 4.78 is 12.8. The Kier molecular flexibility index (Phi) is 3.68. The Morgan fingerprint density at radius 3 is 2.59 bits per heavy atom. The van der Waals surface area contributed by atoms with Gasteiger partial charge in [0.1, 0.15) is 10.8 Å². The van der Waals surface area contributed by atoms with Crippen LogP contribution in [0.25, 0.3) is 0 Å². The number of hydrogen-bond acceptors (Lipinski definition) is 4. The maximum Gasteiger partial charge on any atom is 0.206 e. The van der Waals surface area contributed by atoms with E-state index in [1.165, 1.54) is 12.1 Å². The van der Waals surface area contributed by atoms with Crippen LogP contribution < -0.4 is 5.32 Å². The van der Waals surface area contributed by atoms with Crippen molar-refractivity contribution >= 4 is 16.5 Å². The van der Waals surface area contributed by atoms with Crippen LogP contribution in [0.1, 0.15) is 30.5 Å². The van der Waals surface area contributed by atoms with Gasteiger partial charge in [-0.25, -0.2) is 4.39 Å². The topological polar surface area (TPSA) is 37.8 Å². The van der Waals surface area contributed by atoms with Gasteiger partial charge in [0, 0.05) is 0 Å². The van der Waals surface area contributed by atoms with E-state index in [-0.39, 0.29) is 11.9 Å². The Bertz CT molecular complexity index is 481. The lowest BCUT2D eigenvalue weighted by Gasteiger charge is -2.12. The fraction of sp³-hybridized carbons (Fsp3) is 0.333. The van der Waals surface area contributed by atoms with Gasteiger partial charge in [0.05, 0.1) is 6.04 Å². The van der Waals surface area contributed by atoms with Gasteiger partial charge in [-0.2, -0.15) is 0 Å². The second-order valence-corrected chi connectivity index (χ2v) is 4.83. The van der Waals surface area contributed by atoms with Crippen molar-refractivity contribution in [1.82, 2.24) is 10.2 Å². The standard InChI is InChI=1S/C12H14FN3S/c1-3-11-15-16-12(17-11)14-8(2)9-4-6-10(13)7-5-9/h4-8H,3H2,1-2H3,(H,14,16). The Morgan fingerprint density at radius 2 is 2.00 bits per heavy atom. The summed E-state index contributed by atoms with van der Waals surface area (Å²) in [4.78, 5) is 0. The van der Waals surface area contributed by atoms with Crippen molar-refractivity contribution < 1.29 is 4.39 Å². The average Bonchev–Trinajstić information content (AvgIpc) is 2.77. The highest BCUT2D eigenvalue weighted by atomic mass is 32.1. The van der Waals surface area contributed by atoms with Gasteiger partial charge in [-0.05, 0) is 31.0 Å². The van der Waals surface area contributed by atoms with Crippen molar-refractivity contribution in [2.75, 3.05) is 5.32 Å². The van der Waals surface area contributed by atoms with Crippen molar-refractivity contribution in [2.45, 2.75) is 26.3 Å². The third kappa shape index (κ3) is 3.00. The molecule has 1 unspecified atom stereocenters. The molecule has 17 heavy (non-hydrogen) atoms. The lowest BCUT2D eigenvalue weighted by molar-refractivity contribution is 0.626. The van der Waals surface area contributed by atoms with Crippen LogP contribution in [0.15, 0.2) is 24.3 Å². The van der Waals surface area contributed by atoms with Crippen molar-refractivity contribution in [2.24, 2.45) is 0 Å². The molecule has 5 heteroatoms. The van der Waals surface area contributed by atoms with Crippen molar-refractivity contribution in [3.63, 3.8) is 0 Å². The van der Waals surface area contributed by atoms with Gasteiger partial charge in [0.25, 0.3) is 0 Å². The minimum atomic E-state index is -0.217. The van der Waals surface area contributed by atoms with E-state index in [0.717, 1.165) is 22.1 Å². The van der Waals surface area contributed by atoms with Crippen LogP contribution in [0.4, 0.5) is 9.52 Å². The molecule has 0 bridgehead atoms. The fourth-order valence-corrected chi connectivity index (χ4v) is 2.24. The van der Waals surface area contributed by atoms with Crippen LogP contribution in [0.5, 0.6) is 0 Å². The maximum atomic E-state index is 12.8. The van der Waals surface area contributed by atoms with E-state index >= 15 is 0 Å². The third-order valence-electron chi connectivity index (χ3n) is 2.48. The summed E-state index contributed by atoms with van der Waals surface area (Å²) in [5, 5.41) is 13.2. The summed E-state index contributed by atoms with van der Waals surface area (Å²) >= 11 is 1.55. The lowest BCUT2D eigenvalue weighted by Crippen LogP contribution is -2.06. The van der Waals surface area contributed by atoms with Crippen LogP contribution >= 0.6 is 11.3 Å². The number of benzene rings is 1. The number of nitrogens with zero attached hydrogens (tertiary/aromatic N) is 2. The van der Waals surface area contributed by atoms with E-state index in [1.807, 2.05) is 13.8 Å². The zero-order chi connectivity index (χ0) is 12.3. The molecule has 0 aliphatic heterocycles. The summed E-state index contributed by atoms with van der Waals surface area (Å²) in [6, 6.07) is 6.56. The van der Waals surface area contributed by atoms with Crippen LogP contribution in [0.2, 0.25) is 0 Å². The zero-order valence-electron chi connectivity index (χ0n) is 9.77. The average molecular weight is 251 g/mol. The van der Waals surface area contributed by atoms with E-state index in [1.54, 1.807) is 23.5 Å². The molecule has 0 aliphatic rings. The Hall–Kier alpha value is -1.49. The maximum absolute atomic E-state index is 12.8. The van der Waals surface area contributed by atoms with Crippen molar-refractivity contribution in [3.05, 3.63) is 40.7 Å². The predicted octanol–water partition coefficient (Wildman–Crippen LogP) is 3.41. The molecule has 3 nitrogen and oxygen atoms in total. The monoisotopic (exact) mass is 251 g/mol. The van der Waals surface area contributed by atoms with Crippen molar-refractivity contribution in [3.8, 4) is 0 Å². The molecule has 1 heterocycles. The van der Waals surface area contributed by atoms with Crippen LogP contribution in [-0.4, -0.2) is 10.2 Å². The van der Waals surface area contributed by atoms with Crippen LogP contribution in [-0.2, 0) is 6.42 Å². The smallest absolute Gasteiger partial charge is 0.206 e. The molecule has 0 saturated carbocycles. The number of aromatic nitrogens is 2. The first-order valence-electron chi connectivity index (χ1n) is 5.53. The lowest BCUT2D eigenvalue weighted by atomic mass is 10.1. The first-order chi connectivity index (χ1) is 8.19. The molecule has 2 rings (SSSR count). The van der Waals surface area contributed by atoms with Crippen LogP contribution in [0, 0.1) is 5.82 Å². The highest BCUT2D eigenvalue weighted by Crippen LogP contribution is 2.22. The van der Waals surface area contributed by atoms with E-state index < -0.39 is 0 Å². The van der Waals surface area contributed by atoms with Gasteiger partial charge in [0.2, 0.25) is 5.13 Å². The molecule has 1 N–H and O–H groups in total. The van der Waals surface area contributed by atoms with Crippen LogP contribution in [0.3, 0.4) is 0 Å². The van der Waals surface area contributed by atoms with Gasteiger partial charge >= 0.3 is 0 Å². The zero-order valence-corrected chi connectivity index (χ0v) is 10.6. The van der Waals surface area contributed by atoms with E-state index in [4.69, 9.17) is 0 Å². The van der Waals surface area contributed by atoms with Gasteiger partial charge in [-0.1, -0.05) is 30.4 Å². The van der Waals surface area contributed by atoms with E-state index in [0.29, 0.717) is 0 Å². The molecular formula is C12H14FN3S. The molecule has 90 valence electrons. The summed E-state index contributed by atoms with van der Waals surface area (Å²) in [6.45, 7) is 4.06. The number of hydrogen-bond donors (Lipinski definition) is 1. The summed E-state index contributed by atoms with van der Waals surface area (Å²) in [5.74, 6) is -0.217. The van der Waals surface area contributed by atoms with E-state index in [9.17, 15) is 4.39 Å². The highest BCUT2D eigenvalue weighted by Gasteiger charge is 2.08. The van der Waals surface area contributed by atoms with E-state index in [2.05, 4.69) is 15.5 Å². The second-order valence-electron chi connectivity index (χ2n) is 3.77. The summed E-state index contributed by atoms with van der Waals surface area (Å²) in [6.07, 6.45) is 0.893. The first-order valence-corrected chi connectivity index (χ1v) is 6.35. The SMILES string of the molecule is CCc1nnc(NC(C)c2ccc(F)cc2)s1. The third-order valence-corrected chi connectivity index (χ3v) is 3.48. The quantitative estimate of drug-likeness (QED) is 0.904. The molecule has 1 aromatic carbocycles. The minimum absolute atomic E-state index is 0.0910. The Balaban J connectivity index is 2.05. The fourth-order valence-electron chi connectivity index (χ4n) is 1.47. The number of nitrogens with one attached hydrogen (secondary N) is 1. The molecule has 0 spiro atoms. The number of anilines is 1. The molecule has 0 amide bonds. The number of halogens is 1. The molecule has 1 atom stereocenters. The predicted molar refractivity (Wildman–Crippen MR) is 67.7 cm³/mol. The van der Waals surface area contributed by atoms with Gasteiger partial charge in [-0.15, -0.1) is 10.2 Å². The molecular weight excluding hydrogens is 237 g/mol. The van der Waals surface area contributed by atoms with Gasteiger partial charge in [0.15, 0.2) is 0 Å². The van der Waals surface area contributed by atoms with Crippen molar-refractivity contribution in [1.29, 1.82) is 0 Å². The Morgan fingerprint density at radius 1 is 1.29 bits per heavy atom. The second kappa shape index (κ2) is 5.23. The van der Waals surface area contributed by atoms with Gasteiger partial charge in [-0.3, -0.25) is 0 Å². The Labute approximate surface area is 104 Å². The largest absolute Gasteiger partial charge is 0.354 e. The summed E-state index contributed by atoms with van der Waals surface area (Å²) in [5.41, 5.74) is 1.03. The molecule has 2 aromatic rings.